The molecule has 23 heavy (non-hydrogen) atoms. The van der Waals surface area contributed by atoms with Gasteiger partial charge in [-0.15, -0.1) is 0 Å². The Kier molecular flexibility index (Phi) is 3.72. The van der Waals surface area contributed by atoms with Gasteiger partial charge in [-0.05, 0) is 42.3 Å². The molecule has 0 atom stereocenters. The molecule has 2 aromatic carbocycles. The largest absolute Gasteiger partial charge is 0.347 e. The highest BCUT2D eigenvalue weighted by Crippen LogP contribution is 2.26. The highest BCUT2D eigenvalue weighted by Gasteiger charge is 2.17. The van der Waals surface area contributed by atoms with Crippen LogP contribution in [0.4, 0.5) is 13.2 Å². The topological polar surface area (TPSA) is 22.0 Å². The van der Waals surface area contributed by atoms with Crippen molar-refractivity contribution in [1.29, 1.82) is 0 Å². The number of hydrogen-bond donors (Lipinski definition) is 0. The molecule has 0 saturated carbocycles. The van der Waals surface area contributed by atoms with E-state index in [-0.39, 0.29) is 16.5 Å². The van der Waals surface area contributed by atoms with Gasteiger partial charge in [0.1, 0.15) is 17.5 Å². The van der Waals surface area contributed by atoms with Crippen molar-refractivity contribution in [2.24, 2.45) is 7.05 Å². The Morgan fingerprint density at radius 2 is 1.61 bits per heavy atom. The predicted octanol–water partition coefficient (Wildman–Crippen LogP) is 4.19. The van der Waals surface area contributed by atoms with E-state index in [9.17, 15) is 18.0 Å². The van der Waals surface area contributed by atoms with Crippen LogP contribution < -0.4 is 5.43 Å². The van der Waals surface area contributed by atoms with E-state index in [1.165, 1.54) is 12.1 Å². The predicted molar refractivity (Wildman–Crippen MR) is 83.9 cm³/mol. The van der Waals surface area contributed by atoms with E-state index >= 15 is 0 Å². The van der Waals surface area contributed by atoms with Gasteiger partial charge in [0.2, 0.25) is 0 Å². The molecule has 1 heterocycles. The summed E-state index contributed by atoms with van der Waals surface area (Å²) >= 11 is 0. The second kappa shape index (κ2) is 5.57. The standard InChI is InChI=1S/C18H14F3NO/c1-3-15-17(10-6-12(20)8-13(21)7-10)18(23)14-9-11(19)4-5-16(14)22(15)2/h4-9H,3H2,1-2H3. The van der Waals surface area contributed by atoms with Gasteiger partial charge in [-0.1, -0.05) is 6.92 Å². The Balaban J connectivity index is 2.48. The third-order valence-corrected chi connectivity index (χ3v) is 3.97. The Morgan fingerprint density at radius 3 is 2.22 bits per heavy atom. The number of pyridine rings is 1. The summed E-state index contributed by atoms with van der Waals surface area (Å²) in [5.74, 6) is -2.05. The summed E-state index contributed by atoms with van der Waals surface area (Å²) in [5, 5.41) is 0.185. The average Bonchev–Trinajstić information content (AvgIpc) is 2.49. The van der Waals surface area contributed by atoms with Crippen molar-refractivity contribution in [3.05, 3.63) is 69.8 Å². The third kappa shape index (κ3) is 2.52. The van der Waals surface area contributed by atoms with Crippen LogP contribution in [0.3, 0.4) is 0 Å². The van der Waals surface area contributed by atoms with E-state index in [1.807, 2.05) is 6.92 Å². The van der Waals surface area contributed by atoms with Crippen molar-refractivity contribution >= 4 is 10.9 Å². The van der Waals surface area contributed by atoms with Gasteiger partial charge in [0.25, 0.3) is 0 Å². The van der Waals surface area contributed by atoms with Gasteiger partial charge < -0.3 is 4.57 Å². The van der Waals surface area contributed by atoms with Crippen LogP contribution in [-0.2, 0) is 13.5 Å². The molecule has 0 aliphatic rings. The van der Waals surface area contributed by atoms with Crippen LogP contribution >= 0.6 is 0 Å². The summed E-state index contributed by atoms with van der Waals surface area (Å²) in [7, 11) is 1.75. The molecule has 0 saturated heterocycles. The molecule has 0 radical (unpaired) electrons. The molecule has 0 fully saturated rings. The first-order valence-electron chi connectivity index (χ1n) is 7.20. The van der Waals surface area contributed by atoms with Crippen molar-refractivity contribution in [2.75, 3.05) is 0 Å². The lowest BCUT2D eigenvalue weighted by atomic mass is 9.98. The van der Waals surface area contributed by atoms with Crippen LogP contribution in [0.25, 0.3) is 22.0 Å². The van der Waals surface area contributed by atoms with Gasteiger partial charge in [0.15, 0.2) is 5.43 Å². The summed E-state index contributed by atoms with van der Waals surface area (Å²) < 4.78 is 42.4. The summed E-state index contributed by atoms with van der Waals surface area (Å²) in [4.78, 5) is 12.8. The number of hydrogen-bond acceptors (Lipinski definition) is 1. The molecule has 0 unspecified atom stereocenters. The van der Waals surface area contributed by atoms with Crippen molar-refractivity contribution in [1.82, 2.24) is 4.57 Å². The Hall–Kier alpha value is -2.56. The Morgan fingerprint density at radius 1 is 0.957 bits per heavy atom. The highest BCUT2D eigenvalue weighted by molar-refractivity contribution is 5.85. The number of nitrogens with zero attached hydrogens (tertiary/aromatic N) is 1. The Bertz CT molecular complexity index is 956. The molecule has 0 bridgehead atoms. The maximum absolute atomic E-state index is 13.6. The van der Waals surface area contributed by atoms with Crippen molar-refractivity contribution in [3.8, 4) is 11.1 Å². The molecular formula is C18H14F3NO. The molecule has 1 aromatic heterocycles. The average molecular weight is 317 g/mol. The number of halogens is 3. The molecule has 2 nitrogen and oxygen atoms in total. The van der Waals surface area contributed by atoms with Crippen LogP contribution in [0.5, 0.6) is 0 Å². The van der Waals surface area contributed by atoms with Gasteiger partial charge in [-0.2, -0.15) is 0 Å². The van der Waals surface area contributed by atoms with Crippen LogP contribution in [0.2, 0.25) is 0 Å². The zero-order valence-corrected chi connectivity index (χ0v) is 12.7. The van der Waals surface area contributed by atoms with Crippen LogP contribution in [0.1, 0.15) is 12.6 Å². The van der Waals surface area contributed by atoms with Crippen molar-refractivity contribution in [2.45, 2.75) is 13.3 Å². The van der Waals surface area contributed by atoms with Gasteiger partial charge in [-0.25, -0.2) is 13.2 Å². The summed E-state index contributed by atoms with van der Waals surface area (Å²) in [6.07, 6.45) is 0.493. The molecule has 0 amide bonds. The molecule has 118 valence electrons. The zero-order chi connectivity index (χ0) is 16.7. The van der Waals surface area contributed by atoms with Gasteiger partial charge >= 0.3 is 0 Å². The van der Waals surface area contributed by atoms with Crippen molar-refractivity contribution in [3.63, 3.8) is 0 Å². The second-order valence-electron chi connectivity index (χ2n) is 5.38. The summed E-state index contributed by atoms with van der Waals surface area (Å²) in [6.45, 7) is 1.85. The molecule has 5 heteroatoms. The minimum absolute atomic E-state index is 0.158. The van der Waals surface area contributed by atoms with Gasteiger partial charge in [0.05, 0.1) is 5.52 Å². The number of rotatable bonds is 2. The minimum atomic E-state index is -0.761. The van der Waals surface area contributed by atoms with Gasteiger partial charge in [-0.3, -0.25) is 4.79 Å². The van der Waals surface area contributed by atoms with E-state index in [2.05, 4.69) is 0 Å². The maximum atomic E-state index is 13.6. The summed E-state index contributed by atoms with van der Waals surface area (Å²) in [6, 6.07) is 6.94. The smallest absolute Gasteiger partial charge is 0.197 e. The van der Waals surface area contributed by atoms with E-state index in [1.54, 1.807) is 11.6 Å². The van der Waals surface area contributed by atoms with E-state index in [4.69, 9.17) is 0 Å². The Labute approximate surface area is 130 Å². The quantitative estimate of drug-likeness (QED) is 0.695. The number of aryl methyl sites for hydroxylation is 1. The fourth-order valence-corrected chi connectivity index (χ4v) is 2.97. The molecular weight excluding hydrogens is 303 g/mol. The van der Waals surface area contributed by atoms with Crippen LogP contribution in [0, 0.1) is 17.5 Å². The first-order valence-corrected chi connectivity index (χ1v) is 7.20. The highest BCUT2D eigenvalue weighted by atomic mass is 19.1. The molecule has 3 rings (SSSR count). The maximum Gasteiger partial charge on any atom is 0.197 e. The first kappa shape index (κ1) is 15.3. The zero-order valence-electron chi connectivity index (χ0n) is 12.7. The minimum Gasteiger partial charge on any atom is -0.347 e. The third-order valence-electron chi connectivity index (χ3n) is 3.97. The van der Waals surface area contributed by atoms with Gasteiger partial charge in [0, 0.05) is 29.8 Å². The van der Waals surface area contributed by atoms with E-state index in [0.717, 1.165) is 24.3 Å². The number of benzene rings is 2. The summed E-state index contributed by atoms with van der Waals surface area (Å²) in [5.41, 5.74) is 1.14. The fraction of sp³-hybridized carbons (Fsp3) is 0.167. The van der Waals surface area contributed by atoms with E-state index in [0.29, 0.717) is 17.6 Å². The SMILES string of the molecule is CCc1c(-c2cc(F)cc(F)c2)c(=O)c2cc(F)ccc2n1C. The van der Waals surface area contributed by atoms with Crippen molar-refractivity contribution < 1.29 is 13.2 Å². The molecule has 0 N–H and O–H groups in total. The lowest BCUT2D eigenvalue weighted by molar-refractivity contribution is 0.584. The number of aromatic nitrogens is 1. The lowest BCUT2D eigenvalue weighted by Gasteiger charge is -2.16. The monoisotopic (exact) mass is 317 g/mol. The normalized spacial score (nSPS) is 11.2. The molecule has 0 spiro atoms. The van der Waals surface area contributed by atoms with Crippen LogP contribution in [-0.4, -0.2) is 4.57 Å². The fourth-order valence-electron chi connectivity index (χ4n) is 2.97. The first-order chi connectivity index (χ1) is 10.9. The molecule has 0 aliphatic heterocycles. The van der Waals surface area contributed by atoms with E-state index < -0.39 is 22.9 Å². The lowest BCUT2D eigenvalue weighted by Crippen LogP contribution is -2.16. The molecule has 0 aliphatic carbocycles. The van der Waals surface area contributed by atoms with Crippen LogP contribution in [0.15, 0.2) is 41.2 Å². The molecule has 3 aromatic rings. The second-order valence-corrected chi connectivity index (χ2v) is 5.38. The number of fused-ring (bicyclic) bond motifs is 1.